The molecule has 1 amide bonds. The van der Waals surface area contributed by atoms with Gasteiger partial charge < -0.3 is 19.8 Å². The molecule has 0 saturated carbocycles. The van der Waals surface area contributed by atoms with Crippen LogP contribution in [0.3, 0.4) is 0 Å². The van der Waals surface area contributed by atoms with Crippen molar-refractivity contribution in [3.8, 4) is 11.5 Å². The largest absolute Gasteiger partial charge is 0.493 e. The van der Waals surface area contributed by atoms with E-state index in [9.17, 15) is 9.59 Å². The molecule has 3 heterocycles. The zero-order valence-electron chi connectivity index (χ0n) is 17.9. The predicted molar refractivity (Wildman–Crippen MR) is 120 cm³/mol. The molecule has 31 heavy (non-hydrogen) atoms. The zero-order chi connectivity index (χ0) is 22.0. The molecule has 1 aromatic carbocycles. The van der Waals surface area contributed by atoms with E-state index in [1.807, 2.05) is 19.1 Å². The van der Waals surface area contributed by atoms with Gasteiger partial charge in [-0.05, 0) is 38.0 Å². The van der Waals surface area contributed by atoms with Gasteiger partial charge in [-0.2, -0.15) is 0 Å². The number of benzene rings is 1. The summed E-state index contributed by atoms with van der Waals surface area (Å²) in [7, 11) is 3.09. The van der Waals surface area contributed by atoms with E-state index in [1.165, 1.54) is 18.4 Å². The van der Waals surface area contributed by atoms with Crippen LogP contribution in [0, 0.1) is 6.92 Å². The Bertz CT molecular complexity index is 1150. The molecular weight excluding hydrogens is 416 g/mol. The normalized spacial score (nSPS) is 15.2. The highest BCUT2D eigenvalue weighted by molar-refractivity contribution is 7.13. The number of fused-ring (bicyclic) bond motifs is 1. The third-order valence-electron chi connectivity index (χ3n) is 5.52. The van der Waals surface area contributed by atoms with Crippen molar-refractivity contribution in [2.45, 2.75) is 32.4 Å². The minimum absolute atomic E-state index is 0.00134. The summed E-state index contributed by atoms with van der Waals surface area (Å²) in [5, 5.41) is 3.60. The topological polar surface area (TPSA) is 96.5 Å². The average molecular weight is 443 g/mol. The van der Waals surface area contributed by atoms with E-state index >= 15 is 0 Å². The van der Waals surface area contributed by atoms with Gasteiger partial charge in [-0.15, -0.1) is 11.3 Å². The fourth-order valence-corrected chi connectivity index (χ4v) is 4.62. The quantitative estimate of drug-likeness (QED) is 0.609. The highest BCUT2D eigenvalue weighted by atomic mass is 32.1. The summed E-state index contributed by atoms with van der Waals surface area (Å²) in [6.45, 7) is 4.19. The van der Waals surface area contributed by atoms with E-state index in [0.29, 0.717) is 34.8 Å². The van der Waals surface area contributed by atoms with Gasteiger partial charge in [0.05, 0.1) is 36.5 Å². The number of likely N-dealkylation sites (tertiary alicyclic amines) is 1. The number of H-pyrrole nitrogens is 1. The number of aromatic amines is 1. The van der Waals surface area contributed by atoms with Gasteiger partial charge in [-0.25, -0.2) is 4.98 Å². The predicted octanol–water partition coefficient (Wildman–Crippen LogP) is 2.70. The van der Waals surface area contributed by atoms with Gasteiger partial charge >= 0.3 is 0 Å². The Hall–Kier alpha value is -2.91. The molecule has 0 bridgehead atoms. The molecule has 1 fully saturated rings. The van der Waals surface area contributed by atoms with Crippen LogP contribution in [-0.2, 0) is 6.54 Å². The maximum absolute atomic E-state index is 12.6. The third kappa shape index (κ3) is 4.72. The summed E-state index contributed by atoms with van der Waals surface area (Å²) in [5.41, 5.74) is 0.374. The number of aryl methyl sites for hydroxylation is 1. The van der Waals surface area contributed by atoms with Crippen LogP contribution in [0.25, 0.3) is 10.9 Å². The SMILES string of the molecule is COc1cc2nc(CN3CCC(NC(=O)c4ccc(C)s4)CC3)[nH]c(=O)c2cc1OC. The number of hydrogen-bond acceptors (Lipinski definition) is 7. The van der Waals surface area contributed by atoms with Crippen LogP contribution < -0.4 is 20.3 Å². The number of ether oxygens (including phenoxy) is 2. The van der Waals surface area contributed by atoms with E-state index in [4.69, 9.17) is 9.47 Å². The number of methoxy groups -OCH3 is 2. The van der Waals surface area contributed by atoms with Crippen LogP contribution in [0.1, 0.15) is 33.2 Å². The molecule has 0 aliphatic carbocycles. The number of piperidine rings is 1. The summed E-state index contributed by atoms with van der Waals surface area (Å²) >= 11 is 1.51. The molecule has 4 rings (SSSR count). The maximum atomic E-state index is 12.6. The van der Waals surface area contributed by atoms with Crippen molar-refractivity contribution in [3.63, 3.8) is 0 Å². The summed E-state index contributed by atoms with van der Waals surface area (Å²) in [4.78, 5) is 36.6. The number of hydrogen-bond donors (Lipinski definition) is 2. The van der Waals surface area contributed by atoms with Gasteiger partial charge in [0.2, 0.25) is 0 Å². The first kappa shape index (κ1) is 21.3. The van der Waals surface area contributed by atoms with Gasteiger partial charge in [-0.3, -0.25) is 14.5 Å². The van der Waals surface area contributed by atoms with E-state index < -0.39 is 0 Å². The summed E-state index contributed by atoms with van der Waals surface area (Å²) < 4.78 is 10.6. The molecule has 9 heteroatoms. The van der Waals surface area contributed by atoms with Crippen molar-refractivity contribution in [1.29, 1.82) is 0 Å². The average Bonchev–Trinajstić information content (AvgIpc) is 3.21. The van der Waals surface area contributed by atoms with E-state index in [-0.39, 0.29) is 17.5 Å². The summed E-state index contributed by atoms with van der Waals surface area (Å²) in [6, 6.07) is 7.36. The standard InChI is InChI=1S/C22H26N4O4S/c1-13-4-5-19(31-13)22(28)23-14-6-8-26(9-7-14)12-20-24-16-11-18(30-3)17(29-2)10-15(16)21(27)25-20/h4-5,10-11,14H,6-9,12H2,1-3H3,(H,23,28)(H,24,25,27). The fraction of sp³-hybridized carbons (Fsp3) is 0.409. The molecule has 0 radical (unpaired) electrons. The molecular formula is C22H26N4O4S. The highest BCUT2D eigenvalue weighted by Gasteiger charge is 2.22. The molecule has 8 nitrogen and oxygen atoms in total. The van der Waals surface area contributed by atoms with Crippen molar-refractivity contribution in [1.82, 2.24) is 20.2 Å². The highest BCUT2D eigenvalue weighted by Crippen LogP contribution is 2.30. The Balaban J connectivity index is 1.40. The van der Waals surface area contributed by atoms with Gasteiger partial charge in [-0.1, -0.05) is 0 Å². The lowest BCUT2D eigenvalue weighted by Gasteiger charge is -2.31. The molecule has 1 aliphatic rings. The second-order valence-electron chi connectivity index (χ2n) is 7.67. The van der Waals surface area contributed by atoms with Gasteiger partial charge in [0.1, 0.15) is 5.82 Å². The monoisotopic (exact) mass is 442 g/mol. The van der Waals surface area contributed by atoms with Crippen LogP contribution in [0.2, 0.25) is 0 Å². The number of amides is 1. The molecule has 0 atom stereocenters. The smallest absolute Gasteiger partial charge is 0.261 e. The van der Waals surface area contributed by atoms with Crippen LogP contribution in [0.15, 0.2) is 29.1 Å². The lowest BCUT2D eigenvalue weighted by atomic mass is 10.0. The molecule has 2 N–H and O–H groups in total. The van der Waals surface area contributed by atoms with Crippen molar-refractivity contribution in [2.24, 2.45) is 0 Å². The first-order valence-corrected chi connectivity index (χ1v) is 11.0. The van der Waals surface area contributed by atoms with Crippen LogP contribution >= 0.6 is 11.3 Å². The lowest BCUT2D eigenvalue weighted by molar-refractivity contribution is 0.0912. The second kappa shape index (κ2) is 9.07. The van der Waals surface area contributed by atoms with E-state index in [1.54, 1.807) is 19.2 Å². The third-order valence-corrected chi connectivity index (χ3v) is 6.52. The molecule has 0 spiro atoms. The van der Waals surface area contributed by atoms with Gasteiger partial charge in [0.25, 0.3) is 11.5 Å². The van der Waals surface area contributed by atoms with Gasteiger partial charge in [0.15, 0.2) is 11.5 Å². The van der Waals surface area contributed by atoms with E-state index in [2.05, 4.69) is 20.2 Å². The molecule has 0 unspecified atom stereocenters. The Labute approximate surface area is 184 Å². The van der Waals surface area contributed by atoms with E-state index in [0.717, 1.165) is 35.7 Å². The minimum Gasteiger partial charge on any atom is -0.493 e. The van der Waals surface area contributed by atoms with Crippen molar-refractivity contribution >= 4 is 28.1 Å². The Morgan fingerprint density at radius 1 is 1.23 bits per heavy atom. The lowest BCUT2D eigenvalue weighted by Crippen LogP contribution is -2.44. The van der Waals surface area contributed by atoms with Crippen molar-refractivity contribution in [2.75, 3.05) is 27.3 Å². The van der Waals surface area contributed by atoms with Crippen molar-refractivity contribution < 1.29 is 14.3 Å². The Kier molecular flexibility index (Phi) is 6.24. The van der Waals surface area contributed by atoms with Crippen molar-refractivity contribution in [3.05, 3.63) is 50.2 Å². The number of nitrogens with zero attached hydrogens (tertiary/aromatic N) is 2. The fourth-order valence-electron chi connectivity index (χ4n) is 3.85. The molecule has 164 valence electrons. The molecule has 3 aromatic rings. The first-order chi connectivity index (χ1) is 15.0. The van der Waals surface area contributed by atoms with Crippen LogP contribution in [0.4, 0.5) is 0 Å². The van der Waals surface area contributed by atoms with Gasteiger partial charge in [0, 0.05) is 30.1 Å². The Morgan fingerprint density at radius 2 is 1.94 bits per heavy atom. The number of carbonyl (C=O) groups excluding carboxylic acids is 1. The second-order valence-corrected chi connectivity index (χ2v) is 8.96. The number of carbonyl (C=O) groups is 1. The maximum Gasteiger partial charge on any atom is 0.261 e. The summed E-state index contributed by atoms with van der Waals surface area (Å²) in [5.74, 6) is 1.65. The zero-order valence-corrected chi connectivity index (χ0v) is 18.7. The number of aromatic nitrogens is 2. The van der Waals surface area contributed by atoms with Crippen LogP contribution in [-0.4, -0.2) is 54.1 Å². The molecule has 1 aliphatic heterocycles. The number of rotatable bonds is 6. The minimum atomic E-state index is -0.200. The number of nitrogens with one attached hydrogen (secondary N) is 2. The molecule has 1 saturated heterocycles. The first-order valence-electron chi connectivity index (χ1n) is 10.2. The van der Waals surface area contributed by atoms with Crippen LogP contribution in [0.5, 0.6) is 11.5 Å². The molecule has 2 aromatic heterocycles. The Morgan fingerprint density at radius 3 is 2.58 bits per heavy atom. The summed E-state index contributed by atoms with van der Waals surface area (Å²) in [6.07, 6.45) is 1.72. The number of thiophene rings is 1.